The number of ether oxygens (including phenoxy) is 1. The summed E-state index contributed by atoms with van der Waals surface area (Å²) in [6.07, 6.45) is 8.41. The third-order valence-electron chi connectivity index (χ3n) is 9.31. The first-order valence-corrected chi connectivity index (χ1v) is 16.6. The van der Waals surface area contributed by atoms with Crippen molar-refractivity contribution >= 4 is 34.5 Å². The maximum atomic E-state index is 14.4. The number of oxazole rings is 1. The summed E-state index contributed by atoms with van der Waals surface area (Å²) in [6, 6.07) is 24.4. The van der Waals surface area contributed by atoms with Gasteiger partial charge in [0.05, 0.1) is 6.54 Å². The molecule has 1 aromatic heterocycles. The number of benzene rings is 3. The third-order valence-corrected chi connectivity index (χ3v) is 9.31. The quantitative estimate of drug-likeness (QED) is 0.185. The number of amides is 3. The summed E-state index contributed by atoms with van der Waals surface area (Å²) in [5, 5.41) is 6.46. The van der Waals surface area contributed by atoms with Crippen LogP contribution in [0.1, 0.15) is 44.9 Å². The predicted molar refractivity (Wildman–Crippen MR) is 179 cm³/mol. The van der Waals surface area contributed by atoms with Crippen LogP contribution in [0.15, 0.2) is 101 Å². The van der Waals surface area contributed by atoms with E-state index in [-0.39, 0.29) is 30.9 Å². The van der Waals surface area contributed by atoms with Gasteiger partial charge in [-0.25, -0.2) is 0 Å². The molecule has 0 spiro atoms. The zero-order chi connectivity index (χ0) is 32.9. The fourth-order valence-electron chi connectivity index (χ4n) is 6.63. The molecular weight excluding hydrogens is 610 g/mol. The van der Waals surface area contributed by atoms with Crippen LogP contribution in [0, 0.1) is 5.92 Å². The predicted octanol–water partition coefficient (Wildman–Crippen LogP) is 5.16. The maximum absolute atomic E-state index is 14.4. The average Bonchev–Trinajstić information content (AvgIpc) is 3.41. The first kappa shape index (κ1) is 31.3. The van der Waals surface area contributed by atoms with Crippen molar-refractivity contribution < 1.29 is 28.4 Å². The van der Waals surface area contributed by atoms with E-state index in [1.165, 1.54) is 0 Å². The lowest BCUT2D eigenvalue weighted by Crippen LogP contribution is -2.57. The number of anilines is 1. The number of carbonyl (C=O) groups excluding carboxylic acids is 3. The third kappa shape index (κ3) is 6.85. The maximum Gasteiger partial charge on any atom is 0.394 e. The van der Waals surface area contributed by atoms with Gasteiger partial charge in [-0.05, 0) is 62.1 Å². The Balaban J connectivity index is 1.16. The van der Waals surface area contributed by atoms with Crippen molar-refractivity contribution in [3.05, 3.63) is 97.1 Å². The Morgan fingerprint density at radius 2 is 1.73 bits per heavy atom. The van der Waals surface area contributed by atoms with E-state index in [1.807, 2.05) is 60.7 Å². The Hall–Kier alpha value is -5.32. The van der Waals surface area contributed by atoms with Crippen molar-refractivity contribution in [1.82, 2.24) is 20.7 Å². The summed E-state index contributed by atoms with van der Waals surface area (Å²) in [7, 11) is 0. The van der Waals surface area contributed by atoms with E-state index in [9.17, 15) is 14.4 Å². The molecule has 2 aliphatic heterocycles. The van der Waals surface area contributed by atoms with Crippen LogP contribution >= 0.6 is 0 Å². The van der Waals surface area contributed by atoms with Crippen LogP contribution in [0.25, 0.3) is 11.1 Å². The molecule has 3 N–H and O–H groups in total. The standard InChI is InChI=1S/C37H39N5O6/c43-33-31-22-28(46-36-39-29-19-12-13-21-32(29)47-36)24-42(31)34(44)30(38-26-15-7-4-8-16-26)20-11-3-1-2-6-14-25-23-37(25,40-33)35(45)41-48-27-17-9-5-10-18-27/h4-10,12-19,21,25,28,30-31,38H,1-3,11,20,22-24H2,(H,40,43)(H,41,45)/b14-6-/t25-,28+,30-,31-,37+/m0/s1. The Morgan fingerprint density at radius 1 is 0.958 bits per heavy atom. The van der Waals surface area contributed by atoms with Gasteiger partial charge in [0, 0.05) is 18.0 Å². The van der Waals surface area contributed by atoms with Gasteiger partial charge in [-0.2, -0.15) is 10.5 Å². The van der Waals surface area contributed by atoms with Gasteiger partial charge in [-0.3, -0.25) is 14.4 Å². The van der Waals surface area contributed by atoms with E-state index in [1.54, 1.807) is 35.2 Å². The van der Waals surface area contributed by atoms with Gasteiger partial charge in [-0.15, -0.1) is 0 Å². The van der Waals surface area contributed by atoms with Crippen molar-refractivity contribution in [3.8, 4) is 11.8 Å². The summed E-state index contributed by atoms with van der Waals surface area (Å²) in [5.41, 5.74) is 3.40. The second-order valence-electron chi connectivity index (χ2n) is 12.7. The molecule has 3 aliphatic rings. The minimum atomic E-state index is -1.21. The van der Waals surface area contributed by atoms with E-state index in [4.69, 9.17) is 14.0 Å². The topological polar surface area (TPSA) is 135 Å². The van der Waals surface area contributed by atoms with E-state index < -0.39 is 35.5 Å². The molecule has 1 saturated heterocycles. The lowest BCUT2D eigenvalue weighted by atomic mass is 10.0. The minimum absolute atomic E-state index is 0.0806. The number of nitrogens with one attached hydrogen (secondary N) is 3. The molecule has 1 aliphatic carbocycles. The second-order valence-corrected chi connectivity index (χ2v) is 12.7. The normalized spacial score (nSPS) is 26.6. The fourth-order valence-corrected chi connectivity index (χ4v) is 6.63. The van der Waals surface area contributed by atoms with Gasteiger partial charge in [0.15, 0.2) is 11.3 Å². The monoisotopic (exact) mass is 649 g/mol. The average molecular weight is 650 g/mol. The molecule has 3 aromatic carbocycles. The van der Waals surface area contributed by atoms with Crippen LogP contribution in [0.3, 0.4) is 0 Å². The zero-order valence-corrected chi connectivity index (χ0v) is 26.5. The van der Waals surface area contributed by atoms with Crippen molar-refractivity contribution in [2.75, 3.05) is 11.9 Å². The highest BCUT2D eigenvalue weighted by atomic mass is 16.7. The van der Waals surface area contributed by atoms with Gasteiger partial charge >= 0.3 is 6.08 Å². The summed E-state index contributed by atoms with van der Waals surface area (Å²) in [4.78, 5) is 53.9. The van der Waals surface area contributed by atoms with Crippen molar-refractivity contribution in [3.63, 3.8) is 0 Å². The summed E-state index contributed by atoms with van der Waals surface area (Å²) < 4.78 is 12.0. The molecule has 3 heterocycles. The number of allylic oxidation sites excluding steroid dienone is 1. The van der Waals surface area contributed by atoms with E-state index in [2.05, 4.69) is 27.2 Å². The molecule has 7 rings (SSSR count). The lowest BCUT2D eigenvalue weighted by molar-refractivity contribution is -0.141. The zero-order valence-electron chi connectivity index (χ0n) is 26.5. The molecule has 1 saturated carbocycles. The molecule has 48 heavy (non-hydrogen) atoms. The van der Waals surface area contributed by atoms with Crippen LogP contribution in [-0.2, 0) is 14.4 Å². The van der Waals surface area contributed by atoms with Gasteiger partial charge in [0.2, 0.25) is 11.8 Å². The minimum Gasteiger partial charge on any atom is -0.445 e. The van der Waals surface area contributed by atoms with Crippen LogP contribution in [0.2, 0.25) is 0 Å². The molecule has 3 amide bonds. The largest absolute Gasteiger partial charge is 0.445 e. The molecule has 0 bridgehead atoms. The number of hydrogen-bond acceptors (Lipinski definition) is 8. The molecule has 0 unspecified atom stereocenters. The number of hydroxylamine groups is 1. The molecular formula is C37H39N5O6. The van der Waals surface area contributed by atoms with Gasteiger partial charge < -0.3 is 29.5 Å². The van der Waals surface area contributed by atoms with Gasteiger partial charge in [0.25, 0.3) is 5.91 Å². The Kier molecular flexibility index (Phi) is 9.00. The number of aromatic nitrogens is 1. The first-order chi connectivity index (χ1) is 23.5. The molecule has 0 radical (unpaired) electrons. The number of hydrogen-bond donors (Lipinski definition) is 3. The molecule has 248 valence electrons. The van der Waals surface area contributed by atoms with Gasteiger partial charge in [-0.1, -0.05) is 73.5 Å². The molecule has 11 heteroatoms. The number of rotatable bonds is 7. The van der Waals surface area contributed by atoms with Crippen LogP contribution < -0.4 is 25.7 Å². The molecule has 2 fully saturated rings. The highest BCUT2D eigenvalue weighted by Crippen LogP contribution is 2.45. The second kappa shape index (κ2) is 13.8. The first-order valence-electron chi connectivity index (χ1n) is 16.6. The lowest BCUT2D eigenvalue weighted by Gasteiger charge is -2.30. The van der Waals surface area contributed by atoms with E-state index in [0.717, 1.165) is 31.4 Å². The van der Waals surface area contributed by atoms with Crippen molar-refractivity contribution in [2.45, 2.75) is 68.7 Å². The molecule has 5 atom stereocenters. The van der Waals surface area contributed by atoms with Gasteiger partial charge in [0.1, 0.15) is 29.2 Å². The molecule has 4 aromatic rings. The number of fused-ring (bicyclic) bond motifs is 3. The van der Waals surface area contributed by atoms with Crippen molar-refractivity contribution in [1.29, 1.82) is 0 Å². The smallest absolute Gasteiger partial charge is 0.394 e. The summed E-state index contributed by atoms with van der Waals surface area (Å²) in [5.74, 6) is -0.810. The number of nitrogens with zero attached hydrogens (tertiary/aromatic N) is 2. The van der Waals surface area contributed by atoms with Crippen molar-refractivity contribution in [2.24, 2.45) is 5.92 Å². The molecule has 11 nitrogen and oxygen atoms in total. The SMILES string of the molecule is O=C1N[C@]2(C(=O)NOc3ccccc3)C[C@@H]2/C=C\CCCCC[C@H](Nc2ccccc2)C(=O)N2C[C@H](Oc3nc4ccccc4o3)C[C@@H]12. The van der Waals surface area contributed by atoms with Crippen LogP contribution in [0.4, 0.5) is 5.69 Å². The van der Waals surface area contributed by atoms with E-state index in [0.29, 0.717) is 29.7 Å². The Bertz CT molecular complexity index is 1750. The summed E-state index contributed by atoms with van der Waals surface area (Å²) in [6.45, 7) is 0.155. The fraction of sp³-hybridized carbons (Fsp3) is 0.351. The highest BCUT2D eigenvalue weighted by molar-refractivity contribution is 5.98. The van der Waals surface area contributed by atoms with Crippen LogP contribution in [-0.4, -0.2) is 57.9 Å². The van der Waals surface area contributed by atoms with Crippen LogP contribution in [0.5, 0.6) is 11.8 Å². The number of carbonyl (C=O) groups is 3. The highest BCUT2D eigenvalue weighted by Gasteiger charge is 2.61. The van der Waals surface area contributed by atoms with E-state index >= 15 is 0 Å². The summed E-state index contributed by atoms with van der Waals surface area (Å²) >= 11 is 0. The Labute approximate surface area is 278 Å². The number of para-hydroxylation sites is 4. The Morgan fingerprint density at radius 3 is 2.54 bits per heavy atom.